The molecule has 0 aromatic heterocycles. The van der Waals surface area contributed by atoms with Crippen LogP contribution in [0.3, 0.4) is 0 Å². The molecular weight excluding hydrogens is 421 g/mol. The Morgan fingerprint density at radius 3 is 2.13 bits per heavy atom. The summed E-state index contributed by atoms with van der Waals surface area (Å²) >= 11 is 0. The lowest BCUT2D eigenvalue weighted by atomic mass is 9.98. The monoisotopic (exact) mass is 452 g/mol. The van der Waals surface area contributed by atoms with Crippen molar-refractivity contribution >= 4 is 14.3 Å². The Labute approximate surface area is 183 Å². The maximum absolute atomic E-state index is 12.9. The van der Waals surface area contributed by atoms with Crippen LogP contribution in [0.1, 0.15) is 51.3 Å². The molecule has 0 bridgehead atoms. The molecule has 1 unspecified atom stereocenters. The zero-order valence-corrected chi connectivity index (χ0v) is 20.0. The molecule has 3 nitrogen and oxygen atoms in total. The van der Waals surface area contributed by atoms with E-state index in [4.69, 9.17) is 9.16 Å². The van der Waals surface area contributed by atoms with Gasteiger partial charge >= 0.3 is 12.1 Å². The first-order chi connectivity index (χ1) is 14.2. The van der Waals surface area contributed by atoms with Gasteiger partial charge in [0.05, 0.1) is 24.7 Å². The zero-order chi connectivity index (χ0) is 23.4. The van der Waals surface area contributed by atoms with Crippen molar-refractivity contribution in [1.29, 1.82) is 0 Å². The highest BCUT2D eigenvalue weighted by molar-refractivity contribution is 6.74. The van der Waals surface area contributed by atoms with E-state index in [1.807, 2.05) is 24.3 Å². The molecule has 31 heavy (non-hydrogen) atoms. The third kappa shape index (κ3) is 6.68. The molecule has 2 rings (SSSR count). The summed E-state index contributed by atoms with van der Waals surface area (Å²) in [7, 11) is -2.20. The van der Waals surface area contributed by atoms with Crippen LogP contribution in [0.5, 0.6) is 0 Å². The number of carbonyl (C=O) groups excluding carboxylic acids is 1. The Morgan fingerprint density at radius 1 is 1.00 bits per heavy atom. The number of halogens is 3. The predicted molar refractivity (Wildman–Crippen MR) is 119 cm³/mol. The Kier molecular flexibility index (Phi) is 7.76. The van der Waals surface area contributed by atoms with E-state index < -0.39 is 26.2 Å². The molecule has 0 aliphatic carbocycles. The molecule has 2 aromatic rings. The summed E-state index contributed by atoms with van der Waals surface area (Å²) in [4.78, 5) is 12.3. The van der Waals surface area contributed by atoms with Gasteiger partial charge in [-0.15, -0.1) is 0 Å². The maximum Gasteiger partial charge on any atom is 0.416 e. The number of hydrogen-bond acceptors (Lipinski definition) is 3. The molecule has 1 atom stereocenters. The first kappa shape index (κ1) is 25.1. The number of alkyl halides is 3. The lowest BCUT2D eigenvalue weighted by Crippen LogP contribution is -2.42. The number of benzene rings is 2. The van der Waals surface area contributed by atoms with Crippen molar-refractivity contribution in [2.75, 3.05) is 6.61 Å². The van der Waals surface area contributed by atoms with E-state index in [9.17, 15) is 18.0 Å². The zero-order valence-electron chi connectivity index (χ0n) is 19.0. The second kappa shape index (κ2) is 9.57. The summed E-state index contributed by atoms with van der Waals surface area (Å²) in [6, 6.07) is 12.5. The fourth-order valence-corrected chi connectivity index (χ4v) is 4.19. The summed E-state index contributed by atoms with van der Waals surface area (Å²) in [6.45, 7) is 12.7. The molecule has 0 N–H and O–H groups in total. The van der Waals surface area contributed by atoms with Gasteiger partial charge in [0.2, 0.25) is 0 Å². The van der Waals surface area contributed by atoms with Crippen LogP contribution in [0.2, 0.25) is 18.1 Å². The Bertz CT molecular complexity index is 884. The molecular formula is C24H31F3O3Si. The molecule has 0 aliphatic heterocycles. The van der Waals surface area contributed by atoms with E-state index in [1.165, 1.54) is 12.1 Å². The quantitative estimate of drug-likeness (QED) is 0.325. The van der Waals surface area contributed by atoms with Crippen molar-refractivity contribution in [3.8, 4) is 11.1 Å². The van der Waals surface area contributed by atoms with Crippen molar-refractivity contribution in [3.05, 3.63) is 59.7 Å². The van der Waals surface area contributed by atoms with Crippen LogP contribution in [0.25, 0.3) is 11.1 Å². The van der Waals surface area contributed by atoms with E-state index in [2.05, 4.69) is 33.9 Å². The normalized spacial score (nSPS) is 13.7. The minimum Gasteiger partial charge on any atom is -0.466 e. The summed E-state index contributed by atoms with van der Waals surface area (Å²) in [5, 5.41) is -0.0506. The fraction of sp³-hybridized carbons (Fsp3) is 0.458. The Morgan fingerprint density at radius 2 is 1.61 bits per heavy atom. The number of hydrogen-bond donors (Lipinski definition) is 0. The third-order valence-corrected chi connectivity index (χ3v) is 10.2. The van der Waals surface area contributed by atoms with Crippen LogP contribution in [0.4, 0.5) is 13.2 Å². The maximum atomic E-state index is 12.9. The van der Waals surface area contributed by atoms with Crippen molar-refractivity contribution in [2.45, 2.75) is 64.5 Å². The van der Waals surface area contributed by atoms with Gasteiger partial charge < -0.3 is 9.16 Å². The minimum atomic E-state index is -4.37. The van der Waals surface area contributed by atoms with Crippen LogP contribution in [-0.4, -0.2) is 20.9 Å². The van der Waals surface area contributed by atoms with E-state index in [1.54, 1.807) is 6.92 Å². The van der Waals surface area contributed by atoms with Crippen LogP contribution >= 0.6 is 0 Å². The van der Waals surface area contributed by atoms with Crippen LogP contribution in [0.15, 0.2) is 48.5 Å². The van der Waals surface area contributed by atoms with Gasteiger partial charge in [-0.1, -0.05) is 51.1 Å². The summed E-state index contributed by atoms with van der Waals surface area (Å²) in [5.74, 6) is -0.342. The molecule has 7 heteroatoms. The van der Waals surface area contributed by atoms with E-state index in [-0.39, 0.29) is 24.0 Å². The lowest BCUT2D eigenvalue weighted by Gasteiger charge is -2.39. The third-order valence-electron chi connectivity index (χ3n) is 5.70. The van der Waals surface area contributed by atoms with Crippen molar-refractivity contribution < 1.29 is 27.1 Å². The molecule has 2 aromatic carbocycles. The molecule has 0 saturated heterocycles. The highest BCUT2D eigenvalue weighted by Gasteiger charge is 2.40. The van der Waals surface area contributed by atoms with Gasteiger partial charge in [-0.05, 0) is 59.9 Å². The largest absolute Gasteiger partial charge is 0.466 e. The van der Waals surface area contributed by atoms with Crippen molar-refractivity contribution in [1.82, 2.24) is 0 Å². The van der Waals surface area contributed by atoms with E-state index in [0.717, 1.165) is 23.3 Å². The van der Waals surface area contributed by atoms with Gasteiger partial charge in [0, 0.05) is 0 Å². The topological polar surface area (TPSA) is 35.5 Å². The number of carbonyl (C=O) groups is 1. The molecule has 0 spiro atoms. The molecule has 0 amide bonds. The molecule has 0 radical (unpaired) electrons. The number of rotatable bonds is 7. The second-order valence-corrected chi connectivity index (χ2v) is 13.8. The molecule has 0 fully saturated rings. The molecule has 0 saturated carbocycles. The first-order valence-electron chi connectivity index (χ1n) is 10.4. The summed E-state index contributed by atoms with van der Waals surface area (Å²) in [5.41, 5.74) is 1.54. The fourth-order valence-electron chi connectivity index (χ4n) is 2.90. The van der Waals surface area contributed by atoms with Gasteiger partial charge in [0.15, 0.2) is 8.32 Å². The van der Waals surface area contributed by atoms with Gasteiger partial charge in [0.1, 0.15) is 0 Å². The van der Waals surface area contributed by atoms with Crippen molar-refractivity contribution in [2.24, 2.45) is 0 Å². The smallest absolute Gasteiger partial charge is 0.416 e. The summed E-state index contributed by atoms with van der Waals surface area (Å²) < 4.78 is 50.3. The van der Waals surface area contributed by atoms with Crippen LogP contribution < -0.4 is 0 Å². The lowest BCUT2D eigenvalue weighted by molar-refractivity contribution is -0.145. The average molecular weight is 453 g/mol. The van der Waals surface area contributed by atoms with Crippen molar-refractivity contribution in [3.63, 3.8) is 0 Å². The first-order valence-corrected chi connectivity index (χ1v) is 13.3. The second-order valence-electron chi connectivity index (χ2n) is 9.08. The minimum absolute atomic E-state index is 0.0506. The van der Waals surface area contributed by atoms with Gasteiger partial charge in [-0.3, -0.25) is 4.79 Å². The summed E-state index contributed by atoms with van der Waals surface area (Å²) in [6.07, 6.45) is -4.78. The Hall–Kier alpha value is -2.12. The van der Waals surface area contributed by atoms with E-state index >= 15 is 0 Å². The molecule has 0 heterocycles. The molecule has 170 valence electrons. The number of ether oxygens (including phenoxy) is 1. The standard InChI is InChI=1S/C24H31F3O3Si/c1-7-29-22(28)16-21(30-31(5,6)23(2,3)4)19-10-8-9-18(15-19)17-11-13-20(14-12-17)24(25,26)27/h8-15,21H,7,16H2,1-6H3. The van der Waals surface area contributed by atoms with E-state index in [0.29, 0.717) is 5.56 Å². The predicted octanol–water partition coefficient (Wildman–Crippen LogP) is 7.39. The highest BCUT2D eigenvalue weighted by Crippen LogP contribution is 2.41. The highest BCUT2D eigenvalue weighted by atomic mass is 28.4. The Balaban J connectivity index is 2.39. The average Bonchev–Trinajstić information content (AvgIpc) is 2.66. The van der Waals surface area contributed by atoms with Gasteiger partial charge in [-0.2, -0.15) is 13.2 Å². The SMILES string of the molecule is CCOC(=O)CC(O[Si](C)(C)C(C)(C)C)c1cccc(-c2ccc(C(F)(F)F)cc2)c1. The van der Waals surface area contributed by atoms with Gasteiger partial charge in [-0.25, -0.2) is 0 Å². The van der Waals surface area contributed by atoms with Gasteiger partial charge in [0.25, 0.3) is 0 Å². The van der Waals surface area contributed by atoms with Crippen LogP contribution in [-0.2, 0) is 20.1 Å². The number of esters is 1. The molecule has 0 aliphatic rings. The van der Waals surface area contributed by atoms with Crippen LogP contribution in [0, 0.1) is 0 Å².